The Labute approximate surface area is 156 Å². The van der Waals surface area contributed by atoms with Crippen LogP contribution < -0.4 is 4.90 Å². The molecule has 1 fully saturated rings. The molecule has 2 nitrogen and oxygen atoms in total. The fourth-order valence-electron chi connectivity index (χ4n) is 3.06. The average molecular weight is 366 g/mol. The molecule has 25 heavy (non-hydrogen) atoms. The van der Waals surface area contributed by atoms with E-state index in [9.17, 15) is 4.79 Å². The zero-order chi connectivity index (χ0) is 17.2. The lowest BCUT2D eigenvalue weighted by atomic mass is 9.92. The van der Waals surface area contributed by atoms with Gasteiger partial charge in [0.1, 0.15) is 5.38 Å². The third-order valence-electron chi connectivity index (χ3n) is 4.27. The van der Waals surface area contributed by atoms with Crippen molar-refractivity contribution >= 4 is 35.0 Å². The number of β-lactam (4-membered cyclic amide) rings is 1. The Morgan fingerprint density at radius 3 is 2.12 bits per heavy atom. The van der Waals surface area contributed by atoms with Crippen LogP contribution in [0.3, 0.4) is 0 Å². The topological polar surface area (TPSA) is 20.3 Å². The van der Waals surface area contributed by atoms with Crippen molar-refractivity contribution in [2.24, 2.45) is 0 Å². The van der Waals surface area contributed by atoms with Crippen LogP contribution in [0.2, 0.25) is 0 Å². The number of rotatable bonds is 4. The van der Waals surface area contributed by atoms with Gasteiger partial charge in [0.25, 0.3) is 0 Å². The molecular weight excluding hydrogens is 350 g/mol. The molecule has 0 aromatic heterocycles. The highest BCUT2D eigenvalue weighted by atomic mass is 35.5. The molecule has 0 radical (unpaired) electrons. The molecule has 1 saturated heterocycles. The summed E-state index contributed by atoms with van der Waals surface area (Å²) in [6.45, 7) is 0. The second-order valence-corrected chi connectivity index (χ2v) is 7.43. The van der Waals surface area contributed by atoms with E-state index >= 15 is 0 Å². The standard InChI is InChI=1S/C21H16ClNOS/c22-19-20(23(21(19)24)15-9-3-1-4-10-15)17-13-7-8-14-18(17)25-16-11-5-2-6-12-16/h1-14,19-20H/t19-,20-/m1/s1. The molecule has 0 saturated carbocycles. The van der Waals surface area contributed by atoms with Crippen LogP contribution in [0, 0.1) is 0 Å². The van der Waals surface area contributed by atoms with Gasteiger partial charge in [-0.05, 0) is 35.9 Å². The first-order chi connectivity index (χ1) is 12.3. The maximum atomic E-state index is 12.4. The summed E-state index contributed by atoms with van der Waals surface area (Å²) in [5.74, 6) is -0.0441. The van der Waals surface area contributed by atoms with E-state index in [4.69, 9.17) is 11.6 Å². The number of hydrogen-bond donors (Lipinski definition) is 0. The minimum absolute atomic E-state index is 0.0441. The van der Waals surface area contributed by atoms with E-state index in [0.29, 0.717) is 0 Å². The highest BCUT2D eigenvalue weighted by molar-refractivity contribution is 7.99. The summed E-state index contributed by atoms with van der Waals surface area (Å²) in [6, 6.07) is 28.0. The molecular formula is C21H16ClNOS. The minimum atomic E-state index is -0.530. The smallest absolute Gasteiger partial charge is 0.248 e. The Balaban J connectivity index is 1.70. The molecule has 4 heteroatoms. The molecule has 0 unspecified atom stereocenters. The number of alkyl halides is 1. The van der Waals surface area contributed by atoms with E-state index in [0.717, 1.165) is 21.0 Å². The van der Waals surface area contributed by atoms with E-state index < -0.39 is 5.38 Å². The monoisotopic (exact) mass is 365 g/mol. The van der Waals surface area contributed by atoms with Crippen LogP contribution in [0.4, 0.5) is 5.69 Å². The van der Waals surface area contributed by atoms with Crippen molar-refractivity contribution in [2.75, 3.05) is 4.90 Å². The van der Waals surface area contributed by atoms with E-state index in [-0.39, 0.29) is 11.9 Å². The lowest BCUT2D eigenvalue weighted by Crippen LogP contribution is -2.56. The molecule has 4 rings (SSSR count). The van der Waals surface area contributed by atoms with Gasteiger partial charge >= 0.3 is 0 Å². The molecule has 1 amide bonds. The Morgan fingerprint density at radius 2 is 1.40 bits per heavy atom. The van der Waals surface area contributed by atoms with Crippen LogP contribution >= 0.6 is 23.4 Å². The SMILES string of the molecule is O=C1[C@H](Cl)[C@@H](c2ccccc2Sc2ccccc2)N1c1ccccc1. The second-order valence-electron chi connectivity index (χ2n) is 5.84. The zero-order valence-corrected chi connectivity index (χ0v) is 15.0. The van der Waals surface area contributed by atoms with Gasteiger partial charge in [-0.15, -0.1) is 11.6 Å². The number of carbonyl (C=O) groups excluding carboxylic acids is 1. The first-order valence-electron chi connectivity index (χ1n) is 8.10. The van der Waals surface area contributed by atoms with Crippen LogP contribution in [-0.4, -0.2) is 11.3 Å². The van der Waals surface area contributed by atoms with Crippen molar-refractivity contribution in [3.05, 3.63) is 90.5 Å². The Morgan fingerprint density at radius 1 is 0.800 bits per heavy atom. The number of nitrogens with zero attached hydrogens (tertiary/aromatic N) is 1. The Kier molecular flexibility index (Phi) is 4.51. The van der Waals surface area contributed by atoms with Crippen molar-refractivity contribution in [1.82, 2.24) is 0 Å². The van der Waals surface area contributed by atoms with E-state index in [2.05, 4.69) is 24.3 Å². The molecule has 1 heterocycles. The third kappa shape index (κ3) is 3.06. The van der Waals surface area contributed by atoms with Crippen molar-refractivity contribution in [2.45, 2.75) is 21.2 Å². The van der Waals surface area contributed by atoms with Crippen molar-refractivity contribution < 1.29 is 4.79 Å². The first kappa shape index (κ1) is 16.2. The summed E-state index contributed by atoms with van der Waals surface area (Å²) in [7, 11) is 0. The van der Waals surface area contributed by atoms with Crippen LogP contribution in [0.15, 0.2) is 94.7 Å². The molecule has 3 aromatic rings. The van der Waals surface area contributed by atoms with E-state index in [1.807, 2.05) is 60.7 Å². The Bertz CT molecular complexity index is 885. The predicted molar refractivity (Wildman–Crippen MR) is 103 cm³/mol. The van der Waals surface area contributed by atoms with Gasteiger partial charge in [0.2, 0.25) is 5.91 Å². The van der Waals surface area contributed by atoms with Crippen LogP contribution in [-0.2, 0) is 4.79 Å². The maximum Gasteiger partial charge on any atom is 0.248 e. The summed E-state index contributed by atoms with van der Waals surface area (Å²) in [5.41, 5.74) is 1.97. The molecule has 124 valence electrons. The summed E-state index contributed by atoms with van der Waals surface area (Å²) >= 11 is 8.11. The molecule has 0 bridgehead atoms. The predicted octanol–water partition coefficient (Wildman–Crippen LogP) is 5.53. The lowest BCUT2D eigenvalue weighted by Gasteiger charge is -2.45. The van der Waals surface area contributed by atoms with Gasteiger partial charge in [0.15, 0.2) is 0 Å². The van der Waals surface area contributed by atoms with Gasteiger partial charge in [-0.1, -0.05) is 66.4 Å². The van der Waals surface area contributed by atoms with Crippen molar-refractivity contribution in [3.8, 4) is 0 Å². The van der Waals surface area contributed by atoms with Gasteiger partial charge in [-0.2, -0.15) is 0 Å². The Hall–Kier alpha value is -2.23. The normalized spacial score (nSPS) is 19.6. The van der Waals surface area contributed by atoms with Gasteiger partial charge < -0.3 is 4.90 Å². The molecule has 0 aliphatic carbocycles. The fourth-order valence-corrected chi connectivity index (χ4v) is 4.41. The fraction of sp³-hybridized carbons (Fsp3) is 0.0952. The highest BCUT2D eigenvalue weighted by Crippen LogP contribution is 2.45. The number of carbonyl (C=O) groups is 1. The average Bonchev–Trinajstić information content (AvgIpc) is 2.67. The maximum absolute atomic E-state index is 12.4. The van der Waals surface area contributed by atoms with E-state index in [1.165, 1.54) is 0 Å². The molecule has 0 spiro atoms. The minimum Gasteiger partial charge on any atom is -0.301 e. The summed E-state index contributed by atoms with van der Waals surface area (Å²) in [5, 5.41) is -0.530. The largest absolute Gasteiger partial charge is 0.301 e. The number of benzene rings is 3. The van der Waals surface area contributed by atoms with Gasteiger partial charge in [0.05, 0.1) is 6.04 Å². The third-order valence-corrected chi connectivity index (χ3v) is 5.80. The molecule has 1 aliphatic rings. The molecule has 0 N–H and O–H groups in total. The van der Waals surface area contributed by atoms with Crippen molar-refractivity contribution in [1.29, 1.82) is 0 Å². The summed E-state index contributed by atoms with van der Waals surface area (Å²) in [6.07, 6.45) is 0. The number of para-hydroxylation sites is 1. The number of hydrogen-bond acceptors (Lipinski definition) is 2. The molecule has 3 aromatic carbocycles. The molecule has 1 aliphatic heterocycles. The molecule has 2 atom stereocenters. The van der Waals surface area contributed by atoms with Crippen LogP contribution in [0.5, 0.6) is 0 Å². The second kappa shape index (κ2) is 6.95. The summed E-state index contributed by atoms with van der Waals surface area (Å²) in [4.78, 5) is 16.5. The lowest BCUT2D eigenvalue weighted by molar-refractivity contribution is -0.123. The summed E-state index contributed by atoms with van der Waals surface area (Å²) < 4.78 is 0. The van der Waals surface area contributed by atoms with Crippen molar-refractivity contribution in [3.63, 3.8) is 0 Å². The van der Waals surface area contributed by atoms with Crippen LogP contribution in [0.25, 0.3) is 0 Å². The first-order valence-corrected chi connectivity index (χ1v) is 9.35. The number of halogens is 1. The van der Waals surface area contributed by atoms with Crippen LogP contribution in [0.1, 0.15) is 11.6 Å². The van der Waals surface area contributed by atoms with Gasteiger partial charge in [0, 0.05) is 15.5 Å². The van der Waals surface area contributed by atoms with E-state index in [1.54, 1.807) is 16.7 Å². The quantitative estimate of drug-likeness (QED) is 0.447. The van der Waals surface area contributed by atoms with Gasteiger partial charge in [-0.25, -0.2) is 0 Å². The number of anilines is 1. The number of amides is 1. The van der Waals surface area contributed by atoms with Gasteiger partial charge in [-0.3, -0.25) is 4.79 Å². The zero-order valence-electron chi connectivity index (χ0n) is 13.4. The highest BCUT2D eigenvalue weighted by Gasteiger charge is 2.48.